The molecule has 0 saturated carbocycles. The standard InChI is InChI=1S/C11H8ClN.C2H6/c12-11-8-4-7-10(13-11)9-5-2-1-3-6-9;1-2/h1-8H;1-2H3. The van der Waals surface area contributed by atoms with Crippen molar-refractivity contribution in [3.05, 3.63) is 53.7 Å². The first-order valence-corrected chi connectivity index (χ1v) is 5.42. The minimum atomic E-state index is 0.529. The van der Waals surface area contributed by atoms with E-state index in [1.165, 1.54) is 0 Å². The van der Waals surface area contributed by atoms with Crippen LogP contribution >= 0.6 is 11.6 Å². The Morgan fingerprint density at radius 1 is 0.867 bits per heavy atom. The maximum Gasteiger partial charge on any atom is 0.129 e. The number of nitrogens with zero attached hydrogens (tertiary/aromatic N) is 1. The molecule has 0 atom stereocenters. The van der Waals surface area contributed by atoms with Crippen molar-refractivity contribution in [1.82, 2.24) is 4.98 Å². The fourth-order valence-corrected chi connectivity index (χ4v) is 1.34. The van der Waals surface area contributed by atoms with Gasteiger partial charge in [0.1, 0.15) is 5.15 Å². The van der Waals surface area contributed by atoms with Crippen molar-refractivity contribution in [2.75, 3.05) is 0 Å². The lowest BCUT2D eigenvalue weighted by Crippen LogP contribution is -1.81. The Morgan fingerprint density at radius 3 is 2.13 bits per heavy atom. The molecule has 0 unspecified atom stereocenters. The summed E-state index contributed by atoms with van der Waals surface area (Å²) in [5.74, 6) is 0. The monoisotopic (exact) mass is 219 g/mol. The van der Waals surface area contributed by atoms with Crippen LogP contribution in [-0.4, -0.2) is 4.98 Å². The fourth-order valence-electron chi connectivity index (χ4n) is 1.18. The number of benzene rings is 1. The third-order valence-corrected chi connectivity index (χ3v) is 2.00. The number of hydrogen-bond acceptors (Lipinski definition) is 1. The van der Waals surface area contributed by atoms with Gasteiger partial charge in [0.2, 0.25) is 0 Å². The smallest absolute Gasteiger partial charge is 0.129 e. The Labute approximate surface area is 95.7 Å². The first kappa shape index (κ1) is 11.7. The van der Waals surface area contributed by atoms with Crippen LogP contribution in [0.4, 0.5) is 0 Å². The molecule has 0 bridgehead atoms. The molecule has 1 aromatic carbocycles. The van der Waals surface area contributed by atoms with Gasteiger partial charge in [-0.25, -0.2) is 4.98 Å². The molecule has 0 radical (unpaired) electrons. The molecule has 0 saturated heterocycles. The minimum Gasteiger partial charge on any atom is -0.236 e. The summed E-state index contributed by atoms with van der Waals surface area (Å²) in [5, 5.41) is 0.529. The van der Waals surface area contributed by atoms with Crippen molar-refractivity contribution in [3.63, 3.8) is 0 Å². The van der Waals surface area contributed by atoms with E-state index in [0.717, 1.165) is 11.3 Å². The first-order valence-electron chi connectivity index (χ1n) is 5.04. The van der Waals surface area contributed by atoms with E-state index in [2.05, 4.69) is 4.98 Å². The molecule has 15 heavy (non-hydrogen) atoms. The highest BCUT2D eigenvalue weighted by Gasteiger charge is 1.97. The first-order chi connectivity index (χ1) is 7.36. The summed E-state index contributed by atoms with van der Waals surface area (Å²) in [6, 6.07) is 15.6. The van der Waals surface area contributed by atoms with Crippen LogP contribution in [0.15, 0.2) is 48.5 Å². The second kappa shape index (κ2) is 6.20. The van der Waals surface area contributed by atoms with Crippen LogP contribution in [0.25, 0.3) is 11.3 Å². The van der Waals surface area contributed by atoms with Gasteiger partial charge in [-0.1, -0.05) is 61.8 Å². The summed E-state index contributed by atoms with van der Waals surface area (Å²) < 4.78 is 0. The zero-order valence-corrected chi connectivity index (χ0v) is 9.70. The molecule has 2 aromatic rings. The third kappa shape index (κ3) is 3.37. The van der Waals surface area contributed by atoms with Gasteiger partial charge in [0.15, 0.2) is 0 Å². The molecule has 2 rings (SSSR count). The van der Waals surface area contributed by atoms with E-state index >= 15 is 0 Å². The number of aromatic nitrogens is 1. The fraction of sp³-hybridized carbons (Fsp3) is 0.154. The molecule has 1 nitrogen and oxygen atoms in total. The van der Waals surface area contributed by atoms with E-state index in [-0.39, 0.29) is 0 Å². The molecule has 0 N–H and O–H groups in total. The Kier molecular flexibility index (Phi) is 4.85. The van der Waals surface area contributed by atoms with Crippen molar-refractivity contribution in [1.29, 1.82) is 0 Å². The number of pyridine rings is 1. The number of halogens is 1. The maximum absolute atomic E-state index is 5.78. The molecule has 0 aliphatic carbocycles. The van der Waals surface area contributed by atoms with E-state index in [9.17, 15) is 0 Å². The number of hydrogen-bond donors (Lipinski definition) is 0. The van der Waals surface area contributed by atoms with Crippen LogP contribution in [-0.2, 0) is 0 Å². The quantitative estimate of drug-likeness (QED) is 0.647. The van der Waals surface area contributed by atoms with Gasteiger partial charge in [-0.15, -0.1) is 0 Å². The Hall–Kier alpha value is -1.34. The van der Waals surface area contributed by atoms with E-state index in [0.29, 0.717) is 5.15 Å². The van der Waals surface area contributed by atoms with Gasteiger partial charge >= 0.3 is 0 Å². The summed E-state index contributed by atoms with van der Waals surface area (Å²) in [7, 11) is 0. The highest BCUT2D eigenvalue weighted by atomic mass is 35.5. The summed E-state index contributed by atoms with van der Waals surface area (Å²) >= 11 is 5.78. The van der Waals surface area contributed by atoms with Gasteiger partial charge < -0.3 is 0 Å². The molecular weight excluding hydrogens is 206 g/mol. The Balaban J connectivity index is 0.000000531. The number of rotatable bonds is 1. The maximum atomic E-state index is 5.78. The molecule has 0 spiro atoms. The van der Waals surface area contributed by atoms with E-state index in [4.69, 9.17) is 11.6 Å². The largest absolute Gasteiger partial charge is 0.236 e. The van der Waals surface area contributed by atoms with Crippen molar-refractivity contribution in [2.45, 2.75) is 13.8 Å². The van der Waals surface area contributed by atoms with Crippen LogP contribution in [0.2, 0.25) is 5.15 Å². The van der Waals surface area contributed by atoms with Gasteiger partial charge in [-0.05, 0) is 12.1 Å². The summed E-state index contributed by atoms with van der Waals surface area (Å²) in [6.07, 6.45) is 0. The van der Waals surface area contributed by atoms with Gasteiger partial charge in [0.05, 0.1) is 5.69 Å². The van der Waals surface area contributed by atoms with E-state index in [1.807, 2.05) is 56.3 Å². The molecule has 78 valence electrons. The average Bonchev–Trinajstić information content (AvgIpc) is 2.33. The van der Waals surface area contributed by atoms with E-state index in [1.54, 1.807) is 6.07 Å². The highest BCUT2D eigenvalue weighted by Crippen LogP contribution is 2.17. The summed E-state index contributed by atoms with van der Waals surface area (Å²) in [6.45, 7) is 4.00. The van der Waals surface area contributed by atoms with E-state index < -0.39 is 0 Å². The Bertz CT molecular complexity index is 398. The molecule has 0 aliphatic heterocycles. The minimum absolute atomic E-state index is 0.529. The van der Waals surface area contributed by atoms with Crippen LogP contribution in [0.3, 0.4) is 0 Å². The molecule has 0 amide bonds. The van der Waals surface area contributed by atoms with Crippen molar-refractivity contribution in [3.8, 4) is 11.3 Å². The van der Waals surface area contributed by atoms with Crippen LogP contribution in [0, 0.1) is 0 Å². The molecule has 1 aromatic heterocycles. The topological polar surface area (TPSA) is 12.9 Å². The van der Waals surface area contributed by atoms with Crippen LogP contribution in [0.5, 0.6) is 0 Å². The molecular formula is C13H14ClN. The SMILES string of the molecule is CC.Clc1cccc(-c2ccccc2)n1. The predicted molar refractivity (Wildman–Crippen MR) is 66.0 cm³/mol. The second-order valence-electron chi connectivity index (χ2n) is 2.71. The zero-order valence-electron chi connectivity index (χ0n) is 8.94. The van der Waals surface area contributed by atoms with Crippen LogP contribution in [0.1, 0.15) is 13.8 Å². The van der Waals surface area contributed by atoms with Gasteiger partial charge in [0.25, 0.3) is 0 Å². The van der Waals surface area contributed by atoms with Crippen molar-refractivity contribution >= 4 is 11.6 Å². The highest BCUT2D eigenvalue weighted by molar-refractivity contribution is 6.29. The van der Waals surface area contributed by atoms with Crippen LogP contribution < -0.4 is 0 Å². The molecule has 1 heterocycles. The second-order valence-corrected chi connectivity index (χ2v) is 3.10. The van der Waals surface area contributed by atoms with Crippen molar-refractivity contribution in [2.24, 2.45) is 0 Å². The van der Waals surface area contributed by atoms with Gasteiger partial charge in [0, 0.05) is 5.56 Å². The molecule has 0 fully saturated rings. The zero-order chi connectivity index (χ0) is 11.1. The normalized spacial score (nSPS) is 9.00. The molecule has 0 aliphatic rings. The average molecular weight is 220 g/mol. The van der Waals surface area contributed by atoms with Crippen molar-refractivity contribution < 1.29 is 0 Å². The summed E-state index contributed by atoms with van der Waals surface area (Å²) in [5.41, 5.74) is 2.00. The lowest BCUT2D eigenvalue weighted by Gasteiger charge is -1.99. The van der Waals surface area contributed by atoms with Gasteiger partial charge in [-0.2, -0.15) is 0 Å². The Morgan fingerprint density at radius 2 is 1.53 bits per heavy atom. The van der Waals surface area contributed by atoms with Gasteiger partial charge in [-0.3, -0.25) is 0 Å². The molecule has 2 heteroatoms. The summed E-state index contributed by atoms with van der Waals surface area (Å²) in [4.78, 5) is 4.21. The third-order valence-electron chi connectivity index (χ3n) is 1.78. The lowest BCUT2D eigenvalue weighted by atomic mass is 10.1. The lowest BCUT2D eigenvalue weighted by molar-refractivity contribution is 1.33. The predicted octanol–water partition coefficient (Wildman–Crippen LogP) is 4.43.